The van der Waals surface area contributed by atoms with E-state index in [0.717, 1.165) is 0 Å². The smallest absolute Gasteiger partial charge is 0.491 e. The number of nitrogens with zero attached hydrogens (tertiary/aromatic N) is 4. The summed E-state index contributed by atoms with van der Waals surface area (Å²) in [5.74, 6) is -7.90. The molecule has 5 aromatic rings. The quantitative estimate of drug-likeness (QED) is 0.0757. The number of amides is 1. The van der Waals surface area contributed by atoms with Gasteiger partial charge >= 0.3 is 12.1 Å². The molecule has 0 fully saturated rings. The van der Waals surface area contributed by atoms with Crippen LogP contribution in [0.3, 0.4) is 0 Å². The van der Waals surface area contributed by atoms with E-state index in [-0.39, 0.29) is 34.8 Å². The number of esters is 1. The molecule has 5 rings (SSSR count). The Morgan fingerprint density at radius 3 is 2.48 bits per heavy atom. The molecule has 0 saturated carbocycles. The van der Waals surface area contributed by atoms with Crippen molar-refractivity contribution in [2.45, 2.75) is 6.18 Å². The van der Waals surface area contributed by atoms with Gasteiger partial charge in [-0.15, -0.1) is 0 Å². The highest BCUT2D eigenvalue weighted by atomic mass is 35.5. The van der Waals surface area contributed by atoms with Gasteiger partial charge in [-0.1, -0.05) is 23.7 Å². The molecule has 12 nitrogen and oxygen atoms in total. The minimum absolute atomic E-state index is 0.00688. The summed E-state index contributed by atoms with van der Waals surface area (Å²) in [7, 11) is 3.85. The van der Waals surface area contributed by atoms with Gasteiger partial charge in [0.05, 0.1) is 5.02 Å². The van der Waals surface area contributed by atoms with Crippen molar-refractivity contribution in [1.82, 2.24) is 19.9 Å². The van der Waals surface area contributed by atoms with E-state index < -0.39 is 41.0 Å². The number of anilines is 4. The van der Waals surface area contributed by atoms with Crippen LogP contribution in [-0.2, 0) is 4.79 Å². The Balaban J connectivity index is 1.36. The molecule has 0 atom stereocenters. The Morgan fingerprint density at radius 2 is 1.76 bits per heavy atom. The highest BCUT2D eigenvalue weighted by Crippen LogP contribution is 2.35. The molecule has 1 amide bonds. The number of hydrogen-bond acceptors (Lipinski definition) is 11. The van der Waals surface area contributed by atoms with Crippen molar-refractivity contribution in [1.29, 1.82) is 0 Å². The lowest BCUT2D eigenvalue weighted by Gasteiger charge is -2.13. The number of nitrogens with one attached hydrogen (secondary N) is 2. The summed E-state index contributed by atoms with van der Waals surface area (Å²) in [6.07, 6.45) is -4.01. The molecule has 0 aliphatic carbocycles. The van der Waals surface area contributed by atoms with E-state index in [0.29, 0.717) is 47.3 Å². The van der Waals surface area contributed by atoms with Gasteiger partial charge in [-0.05, 0) is 62.6 Å². The van der Waals surface area contributed by atoms with E-state index in [9.17, 15) is 31.5 Å². The van der Waals surface area contributed by atoms with E-state index in [1.165, 1.54) is 30.5 Å². The average Bonchev–Trinajstić information content (AvgIpc) is 3.45. The average molecular weight is 718 g/mol. The number of oxazole rings is 1. The Bertz CT molecular complexity index is 2060. The van der Waals surface area contributed by atoms with Crippen LogP contribution in [0.15, 0.2) is 71.3 Å². The zero-order valence-corrected chi connectivity index (χ0v) is 26.7. The highest BCUT2D eigenvalue weighted by molar-refractivity contribution is 6.32. The van der Waals surface area contributed by atoms with Crippen LogP contribution in [0.1, 0.15) is 10.4 Å². The van der Waals surface area contributed by atoms with E-state index in [1.807, 2.05) is 19.0 Å². The van der Waals surface area contributed by atoms with Crippen molar-refractivity contribution in [3.8, 4) is 34.2 Å². The number of hydrogen-bond donors (Lipinski definition) is 3. The molecule has 50 heavy (non-hydrogen) atoms. The molecule has 2 heterocycles. The first-order chi connectivity index (χ1) is 23.7. The number of benzene rings is 3. The third-order valence-corrected chi connectivity index (χ3v) is 6.92. The molecule has 4 N–H and O–H groups in total. The minimum Gasteiger partial charge on any atom is -0.491 e. The lowest BCUT2D eigenvalue weighted by molar-refractivity contribution is -0.189. The summed E-state index contributed by atoms with van der Waals surface area (Å²) >= 11 is 6.39. The van der Waals surface area contributed by atoms with Crippen molar-refractivity contribution in [2.24, 2.45) is 0 Å². The Hall–Kier alpha value is -5.81. The largest absolute Gasteiger partial charge is 0.491 e. The predicted octanol–water partition coefficient (Wildman–Crippen LogP) is 6.72. The zero-order valence-electron chi connectivity index (χ0n) is 25.9. The number of halogens is 6. The summed E-state index contributed by atoms with van der Waals surface area (Å²) in [4.78, 5) is 38.9. The number of nitrogen functional groups attached to an aromatic ring is 1. The van der Waals surface area contributed by atoms with Crippen LogP contribution >= 0.6 is 11.6 Å². The lowest BCUT2D eigenvalue weighted by Crippen LogP contribution is -2.28. The van der Waals surface area contributed by atoms with E-state index in [2.05, 4.69) is 30.3 Å². The van der Waals surface area contributed by atoms with Gasteiger partial charge in [0.15, 0.2) is 17.3 Å². The Labute approximate surface area is 285 Å². The summed E-state index contributed by atoms with van der Waals surface area (Å²) in [6.45, 7) is 1.15. The number of ether oxygens (including phenoxy) is 2. The molecule has 0 unspecified atom stereocenters. The van der Waals surface area contributed by atoms with Gasteiger partial charge in [-0.2, -0.15) is 18.2 Å². The summed E-state index contributed by atoms with van der Waals surface area (Å²) in [5, 5.41) is 5.67. The van der Waals surface area contributed by atoms with Crippen LogP contribution in [0.4, 0.5) is 45.3 Å². The second-order valence-corrected chi connectivity index (χ2v) is 11.0. The first kappa shape index (κ1) is 35.5. The van der Waals surface area contributed by atoms with Gasteiger partial charge in [0.1, 0.15) is 35.1 Å². The minimum atomic E-state index is -5.46. The maximum Gasteiger partial charge on any atom is 0.491 e. The number of likely N-dealkylation sites (N-methyl/N-ethyl adjacent to an activating group) is 1. The molecule has 2 aromatic heterocycles. The number of aromatic nitrogens is 3. The van der Waals surface area contributed by atoms with Crippen LogP contribution in [0, 0.1) is 11.6 Å². The van der Waals surface area contributed by atoms with Gasteiger partial charge in [-0.3, -0.25) is 4.79 Å². The fourth-order valence-electron chi connectivity index (χ4n) is 4.33. The van der Waals surface area contributed by atoms with Gasteiger partial charge in [0.25, 0.3) is 11.9 Å². The molecule has 0 spiro atoms. The van der Waals surface area contributed by atoms with E-state index >= 15 is 0 Å². The van der Waals surface area contributed by atoms with Crippen LogP contribution < -0.4 is 25.8 Å². The van der Waals surface area contributed by atoms with Crippen molar-refractivity contribution >= 4 is 46.8 Å². The molecular formula is C32H25ClF5N7O5. The molecule has 0 aliphatic heterocycles. The number of nitrogens with two attached hydrogens (primary N) is 1. The van der Waals surface area contributed by atoms with Crippen molar-refractivity contribution in [3.05, 3.63) is 89.1 Å². The maximum absolute atomic E-state index is 14.9. The molecular weight excluding hydrogens is 693 g/mol. The monoisotopic (exact) mass is 717 g/mol. The van der Waals surface area contributed by atoms with E-state index in [1.54, 1.807) is 24.3 Å². The number of carbonyl (C=O) groups excluding carboxylic acids is 2. The van der Waals surface area contributed by atoms with Crippen LogP contribution in [0.25, 0.3) is 22.7 Å². The van der Waals surface area contributed by atoms with Crippen LogP contribution in [0.2, 0.25) is 5.02 Å². The molecule has 0 saturated heterocycles. The normalized spacial score (nSPS) is 11.4. The summed E-state index contributed by atoms with van der Waals surface area (Å²) in [5.41, 5.74) is 5.88. The van der Waals surface area contributed by atoms with Gasteiger partial charge in [-0.25, -0.2) is 23.5 Å². The van der Waals surface area contributed by atoms with Crippen LogP contribution in [-0.4, -0.2) is 65.2 Å². The molecule has 0 bridgehead atoms. The zero-order chi connectivity index (χ0) is 36.2. The predicted molar refractivity (Wildman–Crippen MR) is 172 cm³/mol. The SMILES string of the molecule is CN(C)CCOc1ccc(Nc2nccc(-c3oc(N)nc3-c3cccc(NC(=O)c4c(F)ccc(OC(=O)C(F)(F)F)c4F)c3)n2)cc1Cl. The summed E-state index contributed by atoms with van der Waals surface area (Å²) < 4.78 is 82.5. The third kappa shape index (κ3) is 8.42. The first-order valence-electron chi connectivity index (χ1n) is 14.3. The summed E-state index contributed by atoms with van der Waals surface area (Å²) in [6, 6.07) is 13.1. The Morgan fingerprint density at radius 1 is 1.00 bits per heavy atom. The maximum atomic E-state index is 14.9. The topological polar surface area (TPSA) is 158 Å². The van der Waals surface area contributed by atoms with Crippen LogP contribution in [0.5, 0.6) is 11.5 Å². The van der Waals surface area contributed by atoms with Crippen molar-refractivity contribution in [3.63, 3.8) is 0 Å². The molecule has 0 radical (unpaired) electrons. The Kier molecular flexibility index (Phi) is 10.5. The second kappa shape index (κ2) is 14.8. The van der Waals surface area contributed by atoms with Gasteiger partial charge in [0.2, 0.25) is 5.95 Å². The molecule has 260 valence electrons. The highest BCUT2D eigenvalue weighted by Gasteiger charge is 2.42. The molecule has 0 aliphatic rings. The van der Waals surface area contributed by atoms with Crippen molar-refractivity contribution < 1.29 is 45.4 Å². The number of rotatable bonds is 11. The molecule has 18 heteroatoms. The fourth-order valence-corrected chi connectivity index (χ4v) is 4.57. The fraction of sp³-hybridized carbons (Fsp3) is 0.156. The van der Waals surface area contributed by atoms with E-state index in [4.69, 9.17) is 26.5 Å². The lowest BCUT2D eigenvalue weighted by atomic mass is 10.1. The van der Waals surface area contributed by atoms with Gasteiger partial charge in [0, 0.05) is 29.7 Å². The molecule has 3 aromatic carbocycles. The number of alkyl halides is 3. The van der Waals surface area contributed by atoms with Crippen molar-refractivity contribution in [2.75, 3.05) is 43.6 Å². The standard InChI is InChI=1S/C32H25ClF5N7O5/c1-45(2)12-13-48-22-8-6-18(15-19(22)33)42-31-40-11-10-21(43-31)27-26(44-30(39)50-27)16-4-3-5-17(14-16)41-28(46)24-20(34)7-9-23(25(24)35)49-29(47)32(36,37)38/h3-11,14-15H,12-13H2,1-2H3,(H2,39,44)(H,41,46)(H,40,42,43). The second-order valence-electron chi connectivity index (χ2n) is 10.6. The first-order valence-corrected chi connectivity index (χ1v) is 14.7. The number of carbonyl (C=O) groups is 2. The third-order valence-electron chi connectivity index (χ3n) is 6.63. The van der Waals surface area contributed by atoms with Gasteiger partial charge < -0.3 is 35.2 Å².